The quantitative estimate of drug-likeness (QED) is 0.806. The Kier molecular flexibility index (Phi) is 6.07. The minimum Gasteiger partial charge on any atom is -0.487 e. The smallest absolute Gasteiger partial charge is 0.226 e. The van der Waals surface area contributed by atoms with Crippen LogP contribution in [0.5, 0.6) is 17.4 Å². The van der Waals surface area contributed by atoms with Crippen molar-refractivity contribution in [3.63, 3.8) is 0 Å². The van der Waals surface area contributed by atoms with Crippen LogP contribution in [0.2, 0.25) is 0 Å². The fraction of sp³-hybridized carbons (Fsp3) is 0.476. The van der Waals surface area contributed by atoms with Gasteiger partial charge in [0.25, 0.3) is 0 Å². The predicted molar refractivity (Wildman–Crippen MR) is 101 cm³/mol. The van der Waals surface area contributed by atoms with Crippen molar-refractivity contribution in [3.05, 3.63) is 46.1 Å². The van der Waals surface area contributed by atoms with Crippen molar-refractivity contribution in [3.8, 4) is 17.4 Å². The lowest BCUT2D eigenvalue weighted by Gasteiger charge is -2.22. The Bertz CT molecular complexity index is 730. The highest BCUT2D eigenvalue weighted by atomic mass is 16.5. The third kappa shape index (κ3) is 4.51. The first kappa shape index (κ1) is 19.3. The summed E-state index contributed by atoms with van der Waals surface area (Å²) >= 11 is 0. The molecular weight excluding hydrogens is 314 g/mol. The molecule has 0 aliphatic heterocycles. The number of rotatable bonds is 6. The van der Waals surface area contributed by atoms with E-state index >= 15 is 0 Å². The zero-order valence-electron chi connectivity index (χ0n) is 16.3. The van der Waals surface area contributed by atoms with Gasteiger partial charge in [-0.15, -0.1) is 0 Å². The van der Waals surface area contributed by atoms with Crippen LogP contribution in [0.4, 0.5) is 0 Å². The van der Waals surface area contributed by atoms with Gasteiger partial charge in [-0.05, 0) is 59.1 Å². The molecule has 2 aromatic rings. The van der Waals surface area contributed by atoms with Gasteiger partial charge in [-0.1, -0.05) is 24.6 Å². The second-order valence-electron chi connectivity index (χ2n) is 6.83. The molecule has 1 heterocycles. The van der Waals surface area contributed by atoms with Crippen LogP contribution < -0.4 is 9.47 Å². The molecule has 0 amide bonds. The summed E-state index contributed by atoms with van der Waals surface area (Å²) < 4.78 is 12.2. The minimum absolute atomic E-state index is 0.254. The SMILES string of the molecule is CCC(Oc1cc(C)nc(Oc2c(C)cc(C)cc2C)c1C)C(C)O. The second-order valence-corrected chi connectivity index (χ2v) is 6.83. The molecule has 1 aromatic carbocycles. The average Bonchev–Trinajstić information content (AvgIpc) is 2.51. The van der Waals surface area contributed by atoms with E-state index in [9.17, 15) is 5.11 Å². The number of ether oxygens (including phenoxy) is 2. The maximum atomic E-state index is 9.87. The molecule has 0 fully saturated rings. The molecule has 136 valence electrons. The van der Waals surface area contributed by atoms with Gasteiger partial charge in [0.1, 0.15) is 17.6 Å². The fourth-order valence-electron chi connectivity index (χ4n) is 3.01. The molecule has 1 aromatic heterocycles. The number of aromatic nitrogens is 1. The van der Waals surface area contributed by atoms with Crippen molar-refractivity contribution in [2.75, 3.05) is 0 Å². The summed E-state index contributed by atoms with van der Waals surface area (Å²) in [5.41, 5.74) is 5.03. The van der Waals surface area contributed by atoms with E-state index in [2.05, 4.69) is 24.0 Å². The molecule has 2 rings (SSSR count). The fourth-order valence-corrected chi connectivity index (χ4v) is 3.01. The van der Waals surface area contributed by atoms with Crippen LogP contribution in [-0.4, -0.2) is 22.3 Å². The molecule has 1 N–H and O–H groups in total. The van der Waals surface area contributed by atoms with E-state index < -0.39 is 6.10 Å². The lowest BCUT2D eigenvalue weighted by Crippen LogP contribution is -2.28. The van der Waals surface area contributed by atoms with E-state index in [1.807, 2.05) is 40.7 Å². The van der Waals surface area contributed by atoms with Crippen LogP contribution in [0.15, 0.2) is 18.2 Å². The van der Waals surface area contributed by atoms with E-state index in [-0.39, 0.29) is 6.10 Å². The maximum Gasteiger partial charge on any atom is 0.226 e. The van der Waals surface area contributed by atoms with Crippen LogP contribution in [-0.2, 0) is 0 Å². The molecule has 2 unspecified atom stereocenters. The summed E-state index contributed by atoms with van der Waals surface area (Å²) in [4.78, 5) is 4.55. The summed E-state index contributed by atoms with van der Waals surface area (Å²) in [6.07, 6.45) is -0.0646. The number of aliphatic hydroxyl groups excluding tert-OH is 1. The molecule has 4 nitrogen and oxygen atoms in total. The summed E-state index contributed by atoms with van der Waals surface area (Å²) in [6.45, 7) is 13.7. The lowest BCUT2D eigenvalue weighted by molar-refractivity contribution is 0.0458. The first-order chi connectivity index (χ1) is 11.7. The second kappa shape index (κ2) is 7.87. The van der Waals surface area contributed by atoms with E-state index in [4.69, 9.17) is 9.47 Å². The summed E-state index contributed by atoms with van der Waals surface area (Å²) in [6, 6.07) is 6.10. The Labute approximate surface area is 150 Å². The lowest BCUT2D eigenvalue weighted by atomic mass is 10.1. The minimum atomic E-state index is -0.538. The van der Waals surface area contributed by atoms with Gasteiger partial charge in [-0.3, -0.25) is 0 Å². The monoisotopic (exact) mass is 343 g/mol. The van der Waals surface area contributed by atoms with Crippen molar-refractivity contribution in [2.45, 2.75) is 67.1 Å². The van der Waals surface area contributed by atoms with E-state index in [0.717, 1.165) is 34.6 Å². The Hall–Kier alpha value is -2.07. The van der Waals surface area contributed by atoms with Gasteiger partial charge in [0, 0.05) is 11.8 Å². The van der Waals surface area contributed by atoms with Crippen molar-refractivity contribution >= 4 is 0 Å². The number of hydrogen-bond acceptors (Lipinski definition) is 4. The highest BCUT2D eigenvalue weighted by molar-refractivity contribution is 5.48. The van der Waals surface area contributed by atoms with E-state index in [1.54, 1.807) is 6.92 Å². The van der Waals surface area contributed by atoms with E-state index in [1.165, 1.54) is 5.56 Å². The largest absolute Gasteiger partial charge is 0.487 e. The average molecular weight is 343 g/mol. The van der Waals surface area contributed by atoms with Crippen molar-refractivity contribution in [1.82, 2.24) is 4.98 Å². The Morgan fingerprint density at radius 2 is 1.64 bits per heavy atom. The zero-order valence-corrected chi connectivity index (χ0v) is 16.3. The van der Waals surface area contributed by atoms with Gasteiger partial charge in [0.2, 0.25) is 5.88 Å². The Morgan fingerprint density at radius 1 is 1.04 bits per heavy atom. The van der Waals surface area contributed by atoms with Gasteiger partial charge in [-0.25, -0.2) is 4.98 Å². The molecular formula is C21H29NO3. The Balaban J connectivity index is 2.40. The number of pyridine rings is 1. The molecule has 0 aliphatic rings. The molecule has 0 saturated carbocycles. The Morgan fingerprint density at radius 3 is 2.16 bits per heavy atom. The molecule has 4 heteroatoms. The first-order valence-electron chi connectivity index (χ1n) is 8.81. The van der Waals surface area contributed by atoms with Gasteiger partial charge in [0.05, 0.1) is 11.7 Å². The molecule has 0 saturated heterocycles. The van der Waals surface area contributed by atoms with Crippen LogP contribution in [0, 0.1) is 34.6 Å². The molecule has 0 aliphatic carbocycles. The third-order valence-electron chi connectivity index (χ3n) is 4.33. The number of aryl methyl sites for hydroxylation is 4. The van der Waals surface area contributed by atoms with E-state index in [0.29, 0.717) is 11.6 Å². The standard InChI is InChI=1S/C21H29NO3/c1-8-18(17(7)23)24-19-11-15(5)22-21(16(19)6)25-20-13(3)9-12(2)10-14(20)4/h9-11,17-18,23H,8H2,1-7H3. The maximum absolute atomic E-state index is 9.87. The highest BCUT2D eigenvalue weighted by Gasteiger charge is 2.19. The predicted octanol–water partition coefficient (Wildman–Crippen LogP) is 4.95. The summed E-state index contributed by atoms with van der Waals surface area (Å²) in [5.74, 6) is 2.09. The van der Waals surface area contributed by atoms with Crippen LogP contribution in [0.25, 0.3) is 0 Å². The van der Waals surface area contributed by atoms with Gasteiger partial charge >= 0.3 is 0 Å². The highest BCUT2D eigenvalue weighted by Crippen LogP contribution is 2.34. The van der Waals surface area contributed by atoms with Crippen molar-refractivity contribution < 1.29 is 14.6 Å². The summed E-state index contributed by atoms with van der Waals surface area (Å²) in [7, 11) is 0. The number of hydrogen-bond donors (Lipinski definition) is 1. The molecule has 25 heavy (non-hydrogen) atoms. The zero-order chi connectivity index (χ0) is 18.7. The van der Waals surface area contributed by atoms with Crippen LogP contribution in [0.1, 0.15) is 48.2 Å². The molecule has 0 bridgehead atoms. The molecule has 2 atom stereocenters. The normalized spacial score (nSPS) is 13.4. The van der Waals surface area contributed by atoms with Gasteiger partial charge < -0.3 is 14.6 Å². The number of nitrogens with zero attached hydrogens (tertiary/aromatic N) is 1. The topological polar surface area (TPSA) is 51.6 Å². The van der Waals surface area contributed by atoms with Gasteiger partial charge in [0.15, 0.2) is 0 Å². The van der Waals surface area contributed by atoms with Gasteiger partial charge in [-0.2, -0.15) is 0 Å². The van der Waals surface area contributed by atoms with Crippen LogP contribution in [0.3, 0.4) is 0 Å². The van der Waals surface area contributed by atoms with Crippen molar-refractivity contribution in [1.29, 1.82) is 0 Å². The van der Waals surface area contributed by atoms with Crippen molar-refractivity contribution in [2.24, 2.45) is 0 Å². The first-order valence-corrected chi connectivity index (χ1v) is 8.81. The summed E-state index contributed by atoms with van der Waals surface area (Å²) in [5, 5.41) is 9.87. The third-order valence-corrected chi connectivity index (χ3v) is 4.33. The number of benzene rings is 1. The molecule has 0 radical (unpaired) electrons. The number of aliphatic hydroxyl groups is 1. The van der Waals surface area contributed by atoms with Crippen LogP contribution >= 0.6 is 0 Å². The molecule has 0 spiro atoms.